The van der Waals surface area contributed by atoms with Gasteiger partial charge in [-0.2, -0.15) is 0 Å². The number of rotatable bonds is 3. The van der Waals surface area contributed by atoms with Crippen LogP contribution in [0.1, 0.15) is 39.0 Å². The molecule has 1 aliphatic carbocycles. The van der Waals surface area contributed by atoms with E-state index in [0.29, 0.717) is 12.3 Å². The molecule has 3 atom stereocenters. The third-order valence-corrected chi connectivity index (χ3v) is 4.15. The van der Waals surface area contributed by atoms with Crippen molar-refractivity contribution in [3.05, 3.63) is 0 Å². The van der Waals surface area contributed by atoms with E-state index in [0.717, 1.165) is 25.7 Å². The quantitative estimate of drug-likeness (QED) is 0.774. The number of nitrogens with zero attached hydrogens (tertiary/aromatic N) is 1. The van der Waals surface area contributed by atoms with Crippen molar-refractivity contribution in [1.82, 2.24) is 10.2 Å². The van der Waals surface area contributed by atoms with Gasteiger partial charge in [-0.1, -0.05) is 12.8 Å². The van der Waals surface area contributed by atoms with Gasteiger partial charge in [0.25, 0.3) is 0 Å². The molecule has 6 heteroatoms. The lowest BCUT2D eigenvalue weighted by molar-refractivity contribution is -0.149. The van der Waals surface area contributed by atoms with E-state index in [9.17, 15) is 19.5 Å². The molecule has 0 aromatic carbocycles. The van der Waals surface area contributed by atoms with Gasteiger partial charge < -0.3 is 15.3 Å². The summed E-state index contributed by atoms with van der Waals surface area (Å²) in [5.74, 6) is -1.20. The zero-order valence-corrected chi connectivity index (χ0v) is 11.1. The van der Waals surface area contributed by atoms with Crippen molar-refractivity contribution in [1.29, 1.82) is 0 Å². The topological polar surface area (TPSA) is 86.7 Å². The Morgan fingerprint density at radius 2 is 1.95 bits per heavy atom. The van der Waals surface area contributed by atoms with E-state index < -0.39 is 12.0 Å². The minimum atomic E-state index is -0.939. The van der Waals surface area contributed by atoms with Crippen LogP contribution in [0.2, 0.25) is 0 Å². The molecule has 1 aliphatic heterocycles. The summed E-state index contributed by atoms with van der Waals surface area (Å²) >= 11 is 0. The van der Waals surface area contributed by atoms with E-state index >= 15 is 0 Å². The Hall–Kier alpha value is -1.59. The minimum Gasteiger partial charge on any atom is -0.480 e. The van der Waals surface area contributed by atoms with Gasteiger partial charge in [-0.3, -0.25) is 9.59 Å². The van der Waals surface area contributed by atoms with E-state index in [-0.39, 0.29) is 24.4 Å². The van der Waals surface area contributed by atoms with Crippen LogP contribution in [0.15, 0.2) is 0 Å². The van der Waals surface area contributed by atoms with Crippen LogP contribution < -0.4 is 5.32 Å². The zero-order chi connectivity index (χ0) is 14.0. The Balaban J connectivity index is 2.10. The molecule has 106 valence electrons. The molecule has 0 aromatic rings. The van der Waals surface area contributed by atoms with Crippen LogP contribution in [0.3, 0.4) is 0 Å². The molecular formula is C13H20N2O4. The van der Waals surface area contributed by atoms with Crippen LogP contribution in [0.5, 0.6) is 0 Å². The fourth-order valence-electron chi connectivity index (χ4n) is 3.33. The van der Waals surface area contributed by atoms with Crippen molar-refractivity contribution in [3.63, 3.8) is 0 Å². The van der Waals surface area contributed by atoms with Gasteiger partial charge in [0.2, 0.25) is 11.8 Å². The number of aliphatic carboxylic acids is 1. The van der Waals surface area contributed by atoms with E-state index in [2.05, 4.69) is 5.32 Å². The van der Waals surface area contributed by atoms with Gasteiger partial charge in [-0.15, -0.1) is 0 Å². The molecular weight excluding hydrogens is 248 g/mol. The van der Waals surface area contributed by atoms with E-state index in [1.54, 1.807) is 0 Å². The highest BCUT2D eigenvalue weighted by Crippen LogP contribution is 2.39. The second kappa shape index (κ2) is 5.59. The van der Waals surface area contributed by atoms with E-state index in [1.165, 1.54) is 11.8 Å². The second-order valence-electron chi connectivity index (χ2n) is 5.41. The average Bonchev–Trinajstić information content (AvgIpc) is 2.75. The number of fused-ring (bicyclic) bond motifs is 1. The first-order valence-corrected chi connectivity index (χ1v) is 6.79. The first kappa shape index (κ1) is 13.8. The van der Waals surface area contributed by atoms with Crippen LogP contribution in [-0.4, -0.2) is 46.4 Å². The van der Waals surface area contributed by atoms with Gasteiger partial charge in [0.05, 0.1) is 6.54 Å². The van der Waals surface area contributed by atoms with Crippen LogP contribution in [0, 0.1) is 5.92 Å². The highest BCUT2D eigenvalue weighted by molar-refractivity contribution is 5.88. The summed E-state index contributed by atoms with van der Waals surface area (Å²) in [5, 5.41) is 11.7. The largest absolute Gasteiger partial charge is 0.480 e. The molecule has 0 spiro atoms. The summed E-state index contributed by atoms with van der Waals surface area (Å²) < 4.78 is 0. The van der Waals surface area contributed by atoms with E-state index in [4.69, 9.17) is 0 Å². The highest BCUT2D eigenvalue weighted by Gasteiger charge is 2.47. The first-order valence-electron chi connectivity index (χ1n) is 6.79. The average molecular weight is 268 g/mol. The normalized spacial score (nSPS) is 29.7. The number of carboxylic acid groups (broad SMARTS) is 1. The fourth-order valence-corrected chi connectivity index (χ4v) is 3.33. The van der Waals surface area contributed by atoms with Gasteiger partial charge >= 0.3 is 5.97 Å². The lowest BCUT2D eigenvalue weighted by Crippen LogP contribution is -2.49. The van der Waals surface area contributed by atoms with Gasteiger partial charge in [-0.25, -0.2) is 4.79 Å². The van der Waals surface area contributed by atoms with Gasteiger partial charge in [0.1, 0.15) is 6.04 Å². The number of amides is 2. The molecule has 0 aromatic heterocycles. The first-order chi connectivity index (χ1) is 9.00. The Bertz CT molecular complexity index is 396. The summed E-state index contributed by atoms with van der Waals surface area (Å²) in [5.41, 5.74) is 0. The smallest absolute Gasteiger partial charge is 0.326 e. The molecule has 19 heavy (non-hydrogen) atoms. The molecule has 1 saturated heterocycles. The molecule has 2 amide bonds. The van der Waals surface area contributed by atoms with Crippen molar-refractivity contribution >= 4 is 17.8 Å². The zero-order valence-electron chi connectivity index (χ0n) is 11.1. The molecule has 0 radical (unpaired) electrons. The van der Waals surface area contributed by atoms with Crippen molar-refractivity contribution in [2.24, 2.45) is 5.92 Å². The summed E-state index contributed by atoms with van der Waals surface area (Å²) in [4.78, 5) is 35.8. The van der Waals surface area contributed by atoms with E-state index in [1.807, 2.05) is 0 Å². The number of carboxylic acids is 1. The summed E-state index contributed by atoms with van der Waals surface area (Å²) in [6.45, 7) is 1.23. The molecule has 1 heterocycles. The second-order valence-corrected chi connectivity index (χ2v) is 5.41. The minimum absolute atomic E-state index is 0.0381. The van der Waals surface area contributed by atoms with Crippen LogP contribution in [-0.2, 0) is 14.4 Å². The molecule has 1 saturated carbocycles. The maximum absolute atomic E-state index is 12.2. The lowest BCUT2D eigenvalue weighted by atomic mass is 9.85. The van der Waals surface area contributed by atoms with Crippen molar-refractivity contribution in [2.75, 3.05) is 6.54 Å². The molecule has 6 nitrogen and oxygen atoms in total. The standard InChI is InChI=1S/C13H20N2O4/c1-8(16)14-7-12(17)15-10-5-3-2-4-9(10)6-11(15)13(18)19/h9-11H,2-7H2,1H3,(H,14,16)(H,18,19). The molecule has 3 unspecified atom stereocenters. The van der Waals surface area contributed by atoms with Crippen LogP contribution in [0.4, 0.5) is 0 Å². The SMILES string of the molecule is CC(=O)NCC(=O)N1C(C(=O)O)CC2CCCCC21. The summed E-state index contributed by atoms with van der Waals surface area (Å²) in [7, 11) is 0. The fraction of sp³-hybridized carbons (Fsp3) is 0.769. The third kappa shape index (κ3) is 2.88. The van der Waals surface area contributed by atoms with Crippen LogP contribution in [0.25, 0.3) is 0 Å². The number of nitrogens with one attached hydrogen (secondary N) is 1. The lowest BCUT2D eigenvalue weighted by Gasteiger charge is -2.33. The molecule has 2 rings (SSSR count). The summed E-state index contributed by atoms with van der Waals surface area (Å²) in [6.07, 6.45) is 4.57. The number of carbonyl (C=O) groups excluding carboxylic acids is 2. The predicted octanol–water partition coefficient (Wildman–Crippen LogP) is 0.367. The Kier molecular flexibility index (Phi) is 4.07. The molecule has 2 N–H and O–H groups in total. The molecule has 0 bridgehead atoms. The van der Waals surface area contributed by atoms with Crippen molar-refractivity contribution < 1.29 is 19.5 Å². The van der Waals surface area contributed by atoms with Gasteiger partial charge in [-0.05, 0) is 25.2 Å². The van der Waals surface area contributed by atoms with Gasteiger partial charge in [0, 0.05) is 13.0 Å². The van der Waals surface area contributed by atoms with Gasteiger partial charge in [0.15, 0.2) is 0 Å². The number of hydrogen-bond acceptors (Lipinski definition) is 3. The Labute approximate surface area is 112 Å². The molecule has 2 fully saturated rings. The maximum Gasteiger partial charge on any atom is 0.326 e. The summed E-state index contributed by atoms with van der Waals surface area (Å²) in [6, 6.07) is -0.689. The Morgan fingerprint density at radius 1 is 1.26 bits per heavy atom. The third-order valence-electron chi connectivity index (χ3n) is 4.15. The number of hydrogen-bond donors (Lipinski definition) is 2. The molecule has 2 aliphatic rings. The maximum atomic E-state index is 12.2. The predicted molar refractivity (Wildman–Crippen MR) is 67.3 cm³/mol. The Morgan fingerprint density at radius 3 is 2.58 bits per heavy atom. The number of likely N-dealkylation sites (tertiary alicyclic amines) is 1. The number of carbonyl (C=O) groups is 3. The van der Waals surface area contributed by atoms with Crippen molar-refractivity contribution in [2.45, 2.75) is 51.1 Å². The van der Waals surface area contributed by atoms with Crippen molar-refractivity contribution in [3.8, 4) is 0 Å². The van der Waals surface area contributed by atoms with Crippen LogP contribution >= 0.6 is 0 Å². The highest BCUT2D eigenvalue weighted by atomic mass is 16.4. The monoisotopic (exact) mass is 268 g/mol.